The summed E-state index contributed by atoms with van der Waals surface area (Å²) in [5, 5.41) is 5.60. The summed E-state index contributed by atoms with van der Waals surface area (Å²) in [7, 11) is 0. The van der Waals surface area contributed by atoms with Crippen molar-refractivity contribution in [2.24, 2.45) is 5.92 Å². The van der Waals surface area contributed by atoms with Gasteiger partial charge in [0.1, 0.15) is 17.7 Å². The Balaban J connectivity index is 3.64. The van der Waals surface area contributed by atoms with Gasteiger partial charge in [-0.2, -0.15) is 0 Å². The number of amides is 3. The van der Waals surface area contributed by atoms with Gasteiger partial charge in [-0.05, 0) is 71.1 Å². The molecular weight excluding hydrogens is 510 g/mol. The monoisotopic (exact) mass is 559 g/mol. The fourth-order valence-electron chi connectivity index (χ4n) is 4.10. The van der Waals surface area contributed by atoms with Crippen molar-refractivity contribution in [2.45, 2.75) is 105 Å². The van der Waals surface area contributed by atoms with Gasteiger partial charge in [0.15, 0.2) is 0 Å². The van der Waals surface area contributed by atoms with Gasteiger partial charge < -0.3 is 25.0 Å². The molecule has 0 saturated heterocycles. The number of hydrogen-bond acceptors (Lipinski definition) is 6. The number of esters is 1. The number of carbonyl (C=O) groups is 4. The highest BCUT2D eigenvalue weighted by Crippen LogP contribution is 2.33. The van der Waals surface area contributed by atoms with Crippen LogP contribution in [0, 0.1) is 5.92 Å². The maximum absolute atomic E-state index is 14.5. The zero-order chi connectivity index (χ0) is 30.7. The van der Waals surface area contributed by atoms with E-state index in [1.165, 1.54) is 0 Å². The molecule has 0 fully saturated rings. The lowest BCUT2D eigenvalue weighted by Crippen LogP contribution is -2.60. The first kappa shape index (κ1) is 34.7. The molecule has 0 spiro atoms. The zero-order valence-electron chi connectivity index (χ0n) is 25.8. The van der Waals surface area contributed by atoms with Gasteiger partial charge in [-0.15, -0.1) is 0 Å². The van der Waals surface area contributed by atoms with E-state index in [0.29, 0.717) is 18.4 Å². The second-order valence-electron chi connectivity index (χ2n) is 11.5. The summed E-state index contributed by atoms with van der Waals surface area (Å²) in [6.45, 7) is 20.6. The van der Waals surface area contributed by atoms with Gasteiger partial charge in [-0.1, -0.05) is 58.0 Å². The Kier molecular flexibility index (Phi) is 13.4. The third-order valence-electron chi connectivity index (χ3n) is 6.81. The van der Waals surface area contributed by atoms with E-state index in [4.69, 9.17) is 9.47 Å². The van der Waals surface area contributed by atoms with Crippen LogP contribution in [0.15, 0.2) is 30.8 Å². The normalized spacial score (nSPS) is 13.8. The van der Waals surface area contributed by atoms with Gasteiger partial charge in [-0.3, -0.25) is 14.4 Å². The molecular formula is C31H49N3O6. The lowest BCUT2D eigenvalue weighted by Gasteiger charge is -2.45. The number of nitrogens with zero attached hydrogens (tertiary/aromatic N) is 1. The molecule has 0 radical (unpaired) electrons. The van der Waals surface area contributed by atoms with E-state index >= 15 is 0 Å². The SMILES string of the molecule is C=Cc1cccc(C(C(=O)NCCC(=O)OCC)N(C(=O)C(NC(=O)OC(C)(C)C)C(C)CC)C(C)(C)CC)c1. The molecule has 0 heterocycles. The number of rotatable bonds is 14. The van der Waals surface area contributed by atoms with Gasteiger partial charge in [-0.25, -0.2) is 4.79 Å². The number of benzene rings is 1. The largest absolute Gasteiger partial charge is 0.466 e. The first-order valence-electron chi connectivity index (χ1n) is 14.1. The molecule has 40 heavy (non-hydrogen) atoms. The van der Waals surface area contributed by atoms with E-state index in [9.17, 15) is 19.2 Å². The topological polar surface area (TPSA) is 114 Å². The van der Waals surface area contributed by atoms with Crippen molar-refractivity contribution in [3.8, 4) is 0 Å². The predicted octanol–water partition coefficient (Wildman–Crippen LogP) is 5.40. The van der Waals surface area contributed by atoms with Crippen molar-refractivity contribution < 1.29 is 28.7 Å². The minimum absolute atomic E-state index is 0.000191. The average Bonchev–Trinajstić information content (AvgIpc) is 2.88. The fourth-order valence-corrected chi connectivity index (χ4v) is 4.10. The van der Waals surface area contributed by atoms with E-state index in [1.54, 1.807) is 50.8 Å². The van der Waals surface area contributed by atoms with E-state index in [1.807, 2.05) is 46.8 Å². The maximum Gasteiger partial charge on any atom is 0.408 e. The first-order chi connectivity index (χ1) is 18.6. The molecule has 1 aromatic rings. The highest BCUT2D eigenvalue weighted by molar-refractivity contribution is 5.93. The Bertz CT molecular complexity index is 1030. The Labute approximate surface area is 240 Å². The molecule has 3 unspecified atom stereocenters. The van der Waals surface area contributed by atoms with E-state index in [2.05, 4.69) is 17.2 Å². The van der Waals surface area contributed by atoms with E-state index in [0.717, 1.165) is 5.56 Å². The highest BCUT2D eigenvalue weighted by atomic mass is 16.6. The van der Waals surface area contributed by atoms with Crippen LogP contribution < -0.4 is 10.6 Å². The summed E-state index contributed by atoms with van der Waals surface area (Å²) in [5.41, 5.74) is -0.164. The van der Waals surface area contributed by atoms with Gasteiger partial charge >= 0.3 is 12.1 Å². The summed E-state index contributed by atoms with van der Waals surface area (Å²) in [5.74, 6) is -1.52. The summed E-state index contributed by atoms with van der Waals surface area (Å²) in [6, 6.07) is 5.27. The van der Waals surface area contributed by atoms with Crippen molar-refractivity contribution in [3.05, 3.63) is 42.0 Å². The number of alkyl carbamates (subject to hydrolysis) is 1. The molecule has 224 valence electrons. The summed E-state index contributed by atoms with van der Waals surface area (Å²) >= 11 is 0. The average molecular weight is 560 g/mol. The van der Waals surface area contributed by atoms with Crippen molar-refractivity contribution in [1.82, 2.24) is 15.5 Å². The van der Waals surface area contributed by atoms with E-state index < -0.39 is 47.1 Å². The predicted molar refractivity (Wildman–Crippen MR) is 157 cm³/mol. The zero-order valence-corrected chi connectivity index (χ0v) is 25.8. The Morgan fingerprint density at radius 2 is 1.73 bits per heavy atom. The number of nitrogens with one attached hydrogen (secondary N) is 2. The maximum atomic E-state index is 14.5. The van der Waals surface area contributed by atoms with Crippen LogP contribution >= 0.6 is 0 Å². The van der Waals surface area contributed by atoms with Crippen LogP contribution in [0.1, 0.15) is 98.7 Å². The Morgan fingerprint density at radius 3 is 2.25 bits per heavy atom. The summed E-state index contributed by atoms with van der Waals surface area (Å²) < 4.78 is 10.4. The fraction of sp³-hybridized carbons (Fsp3) is 0.613. The minimum atomic E-state index is -1.04. The minimum Gasteiger partial charge on any atom is -0.466 e. The molecule has 0 aliphatic carbocycles. The van der Waals surface area contributed by atoms with Crippen molar-refractivity contribution in [1.29, 1.82) is 0 Å². The third kappa shape index (κ3) is 10.3. The van der Waals surface area contributed by atoms with Crippen LogP contribution in [0.25, 0.3) is 6.08 Å². The smallest absolute Gasteiger partial charge is 0.408 e. The second-order valence-corrected chi connectivity index (χ2v) is 11.5. The van der Waals surface area contributed by atoms with Crippen LogP contribution in [-0.2, 0) is 23.9 Å². The molecule has 0 saturated carbocycles. The molecule has 0 aliphatic rings. The van der Waals surface area contributed by atoms with Crippen molar-refractivity contribution >= 4 is 30.0 Å². The molecule has 0 aromatic heterocycles. The van der Waals surface area contributed by atoms with Crippen molar-refractivity contribution in [2.75, 3.05) is 13.2 Å². The lowest BCUT2D eigenvalue weighted by molar-refractivity contribution is -0.150. The van der Waals surface area contributed by atoms with Gasteiger partial charge in [0.05, 0.1) is 13.0 Å². The van der Waals surface area contributed by atoms with Gasteiger partial charge in [0.25, 0.3) is 0 Å². The van der Waals surface area contributed by atoms with E-state index in [-0.39, 0.29) is 25.5 Å². The summed E-state index contributed by atoms with van der Waals surface area (Å²) in [4.78, 5) is 54.6. The van der Waals surface area contributed by atoms with Gasteiger partial charge in [0, 0.05) is 12.1 Å². The molecule has 0 aliphatic heterocycles. The molecule has 3 amide bonds. The molecule has 1 rings (SSSR count). The lowest BCUT2D eigenvalue weighted by atomic mass is 9.89. The standard InChI is InChI=1S/C31H49N3O6/c1-11-21(5)25(33-29(38)40-30(6,7)8)28(37)34(31(9,10)13-3)26(23-17-15-16-22(12-2)20-23)27(36)32-19-18-24(35)39-14-4/h12,15-17,20-21,25-26H,2,11,13-14,18-19H2,1,3-10H3,(H,32,36)(H,33,38). The molecule has 0 bridgehead atoms. The third-order valence-corrected chi connectivity index (χ3v) is 6.81. The van der Waals surface area contributed by atoms with Crippen LogP contribution in [0.5, 0.6) is 0 Å². The number of ether oxygens (including phenoxy) is 2. The molecule has 9 nitrogen and oxygen atoms in total. The second kappa shape index (κ2) is 15.4. The number of hydrogen-bond donors (Lipinski definition) is 2. The Hall–Kier alpha value is -3.36. The molecule has 2 N–H and O–H groups in total. The summed E-state index contributed by atoms with van der Waals surface area (Å²) in [6.07, 6.45) is 2.10. The van der Waals surface area contributed by atoms with Crippen LogP contribution in [0.2, 0.25) is 0 Å². The Morgan fingerprint density at radius 1 is 1.07 bits per heavy atom. The quantitative estimate of drug-likeness (QED) is 0.295. The van der Waals surface area contributed by atoms with Crippen molar-refractivity contribution in [3.63, 3.8) is 0 Å². The van der Waals surface area contributed by atoms with Crippen LogP contribution in [-0.4, -0.2) is 59.1 Å². The molecule has 9 heteroatoms. The first-order valence-corrected chi connectivity index (χ1v) is 14.1. The van der Waals surface area contributed by atoms with Crippen LogP contribution in [0.3, 0.4) is 0 Å². The van der Waals surface area contributed by atoms with Gasteiger partial charge in [0.2, 0.25) is 11.8 Å². The van der Waals surface area contributed by atoms with Crippen LogP contribution in [0.4, 0.5) is 4.79 Å². The molecule has 3 atom stereocenters. The number of carbonyl (C=O) groups excluding carboxylic acids is 4. The highest BCUT2D eigenvalue weighted by Gasteiger charge is 2.44. The molecule has 1 aromatic carbocycles.